The van der Waals surface area contributed by atoms with Crippen LogP contribution < -0.4 is 5.32 Å². The van der Waals surface area contributed by atoms with E-state index in [4.69, 9.17) is 0 Å². The first-order valence-corrected chi connectivity index (χ1v) is 12.5. The first-order valence-electron chi connectivity index (χ1n) is 12.5. The van der Waals surface area contributed by atoms with E-state index in [-0.39, 0.29) is 18.1 Å². The van der Waals surface area contributed by atoms with Gasteiger partial charge >= 0.3 is 5.97 Å². The predicted octanol–water partition coefficient (Wildman–Crippen LogP) is 6.54. The highest BCUT2D eigenvalue weighted by Gasteiger charge is 2.20. The Labute approximate surface area is 194 Å². The van der Waals surface area contributed by atoms with Gasteiger partial charge < -0.3 is 15.5 Å². The smallest absolute Gasteiger partial charge is 0.326 e. The Hall–Kier alpha value is -2.30. The molecule has 1 rings (SSSR count). The van der Waals surface area contributed by atoms with E-state index in [0.717, 1.165) is 24.8 Å². The second-order valence-electron chi connectivity index (χ2n) is 8.66. The highest BCUT2D eigenvalue weighted by Crippen LogP contribution is 2.13. The van der Waals surface area contributed by atoms with Crippen LogP contribution in [0.15, 0.2) is 36.4 Å². The average molecular weight is 446 g/mol. The topological polar surface area (TPSA) is 86.6 Å². The van der Waals surface area contributed by atoms with Crippen molar-refractivity contribution in [1.29, 1.82) is 0 Å². The van der Waals surface area contributed by atoms with Crippen molar-refractivity contribution in [3.63, 3.8) is 0 Å². The minimum absolute atomic E-state index is 0.134. The Morgan fingerprint density at radius 1 is 0.844 bits per heavy atom. The van der Waals surface area contributed by atoms with Gasteiger partial charge in [-0.1, -0.05) is 82.6 Å². The van der Waals surface area contributed by atoms with Gasteiger partial charge in [0.25, 0.3) is 0 Å². The number of carboxylic acid groups (broad SMARTS) is 1. The molecule has 0 aliphatic heterocycles. The molecule has 3 N–H and O–H groups in total. The van der Waals surface area contributed by atoms with Gasteiger partial charge in [-0.3, -0.25) is 4.79 Å². The van der Waals surface area contributed by atoms with Crippen LogP contribution in [0, 0.1) is 0 Å². The predicted molar refractivity (Wildman–Crippen MR) is 131 cm³/mol. The van der Waals surface area contributed by atoms with Gasteiger partial charge in [0.1, 0.15) is 11.8 Å². The highest BCUT2D eigenvalue weighted by molar-refractivity contribution is 5.83. The number of amides is 1. The van der Waals surface area contributed by atoms with Gasteiger partial charge in [0, 0.05) is 12.8 Å². The van der Waals surface area contributed by atoms with Gasteiger partial charge in [0.2, 0.25) is 5.91 Å². The third-order valence-corrected chi connectivity index (χ3v) is 5.68. The second kappa shape index (κ2) is 18.3. The number of carbonyl (C=O) groups excluding carboxylic acids is 1. The Morgan fingerprint density at radius 3 is 1.94 bits per heavy atom. The van der Waals surface area contributed by atoms with E-state index in [1.165, 1.54) is 76.3 Å². The minimum atomic E-state index is -1.04. The summed E-state index contributed by atoms with van der Waals surface area (Å²) in [6, 6.07) is 5.42. The van der Waals surface area contributed by atoms with E-state index in [1.807, 2.05) is 0 Å². The van der Waals surface area contributed by atoms with E-state index >= 15 is 0 Å². The van der Waals surface area contributed by atoms with Crippen LogP contribution in [-0.4, -0.2) is 28.1 Å². The maximum Gasteiger partial charge on any atom is 0.326 e. The number of carbonyl (C=O) groups is 2. The summed E-state index contributed by atoms with van der Waals surface area (Å²) < 4.78 is 0. The third-order valence-electron chi connectivity index (χ3n) is 5.68. The number of benzene rings is 1. The molecule has 0 aliphatic rings. The number of rotatable bonds is 19. The average Bonchev–Trinajstić information content (AvgIpc) is 2.77. The zero-order valence-electron chi connectivity index (χ0n) is 19.9. The molecule has 0 aromatic heterocycles. The fraction of sp³-hybridized carbons (Fsp3) is 0.630. The first kappa shape index (κ1) is 27.7. The van der Waals surface area contributed by atoms with Crippen molar-refractivity contribution in [2.45, 2.75) is 109 Å². The van der Waals surface area contributed by atoms with Crippen molar-refractivity contribution >= 4 is 11.9 Å². The monoisotopic (exact) mass is 445 g/mol. The van der Waals surface area contributed by atoms with Crippen LogP contribution in [0.5, 0.6) is 5.75 Å². The molecule has 0 spiro atoms. The molecule has 0 aliphatic carbocycles. The molecule has 0 fully saturated rings. The lowest BCUT2D eigenvalue weighted by Gasteiger charge is -2.14. The van der Waals surface area contributed by atoms with E-state index in [2.05, 4.69) is 24.4 Å². The van der Waals surface area contributed by atoms with Gasteiger partial charge in [-0.2, -0.15) is 0 Å². The van der Waals surface area contributed by atoms with E-state index < -0.39 is 12.0 Å². The molecule has 32 heavy (non-hydrogen) atoms. The summed E-state index contributed by atoms with van der Waals surface area (Å²) in [5.41, 5.74) is 0.762. The minimum Gasteiger partial charge on any atom is -0.508 e. The van der Waals surface area contributed by atoms with Crippen LogP contribution >= 0.6 is 0 Å². The fourth-order valence-corrected chi connectivity index (χ4v) is 3.69. The molecule has 180 valence electrons. The molecule has 0 bridgehead atoms. The van der Waals surface area contributed by atoms with Crippen molar-refractivity contribution in [3.05, 3.63) is 42.0 Å². The van der Waals surface area contributed by atoms with Crippen LogP contribution in [0.3, 0.4) is 0 Å². The van der Waals surface area contributed by atoms with Crippen molar-refractivity contribution < 1.29 is 19.8 Å². The zero-order valence-corrected chi connectivity index (χ0v) is 19.9. The van der Waals surface area contributed by atoms with Gasteiger partial charge in [0.05, 0.1) is 0 Å². The molecule has 1 aromatic rings. The SMILES string of the molecule is CCCCCC/C=C\CCCCCCCCCC(=O)N[C@@H](Cc1ccc(O)cc1)C(=O)O. The maximum absolute atomic E-state index is 12.1. The van der Waals surface area contributed by atoms with Gasteiger partial charge in [-0.25, -0.2) is 4.79 Å². The molecule has 5 nitrogen and oxygen atoms in total. The summed E-state index contributed by atoms with van der Waals surface area (Å²) in [4.78, 5) is 23.6. The molecule has 0 heterocycles. The molecule has 0 saturated heterocycles. The lowest BCUT2D eigenvalue weighted by molar-refractivity contribution is -0.141. The van der Waals surface area contributed by atoms with Crippen molar-refractivity contribution in [2.75, 3.05) is 0 Å². The van der Waals surface area contributed by atoms with Crippen molar-refractivity contribution in [2.24, 2.45) is 0 Å². The number of nitrogens with one attached hydrogen (secondary N) is 1. The standard InChI is InChI=1S/C27H43NO4/c1-2-3-4-5-6-7-8-9-10-11-12-13-14-15-16-17-26(30)28-25(27(31)32)22-23-18-20-24(29)21-19-23/h7-8,18-21,25,29H,2-6,9-17,22H2,1H3,(H,28,30)(H,31,32)/b8-7-/t25-/m0/s1. The largest absolute Gasteiger partial charge is 0.508 e. The van der Waals surface area contributed by atoms with E-state index in [1.54, 1.807) is 12.1 Å². The van der Waals surface area contributed by atoms with Crippen molar-refractivity contribution in [3.8, 4) is 5.75 Å². The Bertz CT molecular complexity index is 654. The van der Waals surface area contributed by atoms with Gasteiger partial charge in [-0.05, 0) is 49.8 Å². The normalized spacial score (nSPS) is 12.2. The molecule has 1 amide bonds. The van der Waals surface area contributed by atoms with Gasteiger partial charge in [-0.15, -0.1) is 0 Å². The number of allylic oxidation sites excluding steroid dienone is 2. The summed E-state index contributed by atoms with van der Waals surface area (Å²) in [7, 11) is 0. The number of hydrogen-bond acceptors (Lipinski definition) is 3. The van der Waals surface area contributed by atoms with Crippen LogP contribution in [0.2, 0.25) is 0 Å². The fourth-order valence-electron chi connectivity index (χ4n) is 3.69. The van der Waals surface area contributed by atoms with Crippen LogP contribution in [-0.2, 0) is 16.0 Å². The summed E-state index contributed by atoms with van der Waals surface area (Å²) in [5, 5.41) is 21.3. The van der Waals surface area contributed by atoms with E-state index in [0.29, 0.717) is 6.42 Å². The molecule has 0 radical (unpaired) electrons. The number of carboxylic acids is 1. The summed E-state index contributed by atoms with van der Waals surface area (Å²) in [5.74, 6) is -1.12. The van der Waals surface area contributed by atoms with Crippen LogP contribution in [0.1, 0.15) is 102 Å². The highest BCUT2D eigenvalue weighted by atomic mass is 16.4. The maximum atomic E-state index is 12.1. The number of aromatic hydroxyl groups is 1. The summed E-state index contributed by atoms with van der Waals surface area (Å²) in [6.07, 6.45) is 20.8. The molecular formula is C27H43NO4. The summed E-state index contributed by atoms with van der Waals surface area (Å²) in [6.45, 7) is 2.24. The number of unbranched alkanes of at least 4 members (excludes halogenated alkanes) is 11. The quantitative estimate of drug-likeness (QED) is 0.167. The van der Waals surface area contributed by atoms with Crippen molar-refractivity contribution in [1.82, 2.24) is 5.32 Å². The summed E-state index contributed by atoms with van der Waals surface area (Å²) >= 11 is 0. The molecule has 0 unspecified atom stereocenters. The molecule has 1 aromatic carbocycles. The van der Waals surface area contributed by atoms with Gasteiger partial charge in [0.15, 0.2) is 0 Å². The van der Waals surface area contributed by atoms with E-state index in [9.17, 15) is 19.8 Å². The molecule has 0 saturated carbocycles. The number of aliphatic carboxylic acids is 1. The third kappa shape index (κ3) is 14.7. The van der Waals surface area contributed by atoms with Crippen LogP contribution in [0.4, 0.5) is 0 Å². The Kier molecular flexibility index (Phi) is 15.9. The number of phenols is 1. The zero-order chi connectivity index (χ0) is 23.4. The van der Waals surface area contributed by atoms with Crippen LogP contribution in [0.25, 0.3) is 0 Å². The number of hydrogen-bond donors (Lipinski definition) is 3. The lowest BCUT2D eigenvalue weighted by Crippen LogP contribution is -2.42. The Morgan fingerprint density at radius 2 is 1.38 bits per heavy atom. The number of phenolic OH excluding ortho intramolecular Hbond substituents is 1. The molecule has 1 atom stereocenters. The first-order chi connectivity index (χ1) is 15.5. The molecule has 5 heteroatoms. The molecular weight excluding hydrogens is 402 g/mol. The Balaban J connectivity index is 2.02. The lowest BCUT2D eigenvalue weighted by atomic mass is 10.0. The second-order valence-corrected chi connectivity index (χ2v) is 8.66.